The minimum absolute atomic E-state index is 0.132. The van der Waals surface area contributed by atoms with E-state index in [1.807, 2.05) is 6.92 Å². The van der Waals surface area contributed by atoms with Crippen LogP contribution in [0.4, 0.5) is 0 Å². The molecule has 5 nitrogen and oxygen atoms in total. The Hall–Kier alpha value is -1.43. The molecule has 1 saturated heterocycles. The first-order valence-corrected chi connectivity index (χ1v) is 7.42. The summed E-state index contributed by atoms with van der Waals surface area (Å²) in [7, 11) is 0. The third-order valence-corrected chi connectivity index (χ3v) is 4.23. The average molecular weight is 341 g/mol. The van der Waals surface area contributed by atoms with Gasteiger partial charge >= 0.3 is 5.97 Å². The number of nitrogens with zero attached hydrogens (tertiary/aromatic N) is 2. The van der Waals surface area contributed by atoms with Crippen LogP contribution in [-0.4, -0.2) is 40.0 Å². The minimum Gasteiger partial charge on any atom is -0.481 e. The van der Waals surface area contributed by atoms with Gasteiger partial charge in [0.1, 0.15) is 4.60 Å². The Labute approximate surface area is 126 Å². The Morgan fingerprint density at radius 3 is 2.90 bits per heavy atom. The molecule has 2 rings (SSSR count). The summed E-state index contributed by atoms with van der Waals surface area (Å²) in [5.41, 5.74) is -0.251. The van der Waals surface area contributed by atoms with Gasteiger partial charge in [-0.1, -0.05) is 13.3 Å². The van der Waals surface area contributed by atoms with Crippen molar-refractivity contribution >= 4 is 27.8 Å². The van der Waals surface area contributed by atoms with Crippen LogP contribution >= 0.6 is 15.9 Å². The molecule has 0 aliphatic carbocycles. The topological polar surface area (TPSA) is 70.5 Å². The number of amides is 1. The van der Waals surface area contributed by atoms with Gasteiger partial charge in [-0.05, 0) is 40.9 Å². The number of carbonyl (C=O) groups is 2. The minimum atomic E-state index is -0.800. The predicted molar refractivity (Wildman–Crippen MR) is 77.4 cm³/mol. The molecule has 20 heavy (non-hydrogen) atoms. The molecule has 2 heterocycles. The summed E-state index contributed by atoms with van der Waals surface area (Å²) < 4.78 is 0.598. The van der Waals surface area contributed by atoms with E-state index in [9.17, 15) is 14.7 Å². The summed E-state index contributed by atoms with van der Waals surface area (Å²) >= 11 is 3.23. The van der Waals surface area contributed by atoms with Crippen LogP contribution in [0.2, 0.25) is 0 Å². The van der Waals surface area contributed by atoms with Crippen molar-refractivity contribution in [1.29, 1.82) is 0 Å². The first-order chi connectivity index (χ1) is 9.48. The molecule has 0 radical (unpaired) electrons. The normalized spacial score (nSPS) is 22.0. The van der Waals surface area contributed by atoms with Gasteiger partial charge in [0.25, 0.3) is 5.91 Å². The summed E-state index contributed by atoms with van der Waals surface area (Å²) in [5.74, 6) is -0.933. The van der Waals surface area contributed by atoms with Gasteiger partial charge in [0.2, 0.25) is 0 Å². The van der Waals surface area contributed by atoms with Crippen molar-refractivity contribution < 1.29 is 14.7 Å². The molecule has 1 aliphatic heterocycles. The summed E-state index contributed by atoms with van der Waals surface area (Å²) in [6.45, 7) is 2.75. The summed E-state index contributed by atoms with van der Waals surface area (Å²) in [5, 5.41) is 9.45. The van der Waals surface area contributed by atoms with Crippen LogP contribution in [0.1, 0.15) is 36.5 Å². The number of halogens is 1. The fourth-order valence-corrected chi connectivity index (χ4v) is 3.09. The van der Waals surface area contributed by atoms with E-state index in [0.717, 1.165) is 6.42 Å². The number of hydrogen-bond donors (Lipinski definition) is 1. The highest BCUT2D eigenvalue weighted by Crippen LogP contribution is 2.36. The molecule has 0 spiro atoms. The molecule has 0 saturated carbocycles. The van der Waals surface area contributed by atoms with Crippen molar-refractivity contribution in [3.63, 3.8) is 0 Å². The van der Waals surface area contributed by atoms with E-state index in [0.29, 0.717) is 29.6 Å². The van der Waals surface area contributed by atoms with Crippen LogP contribution < -0.4 is 0 Å². The largest absolute Gasteiger partial charge is 0.481 e. The Balaban J connectivity index is 2.16. The van der Waals surface area contributed by atoms with E-state index in [1.54, 1.807) is 23.2 Å². The molecular weight excluding hydrogens is 324 g/mol. The lowest BCUT2D eigenvalue weighted by molar-refractivity contribution is -0.148. The fraction of sp³-hybridized carbons (Fsp3) is 0.500. The first kappa shape index (κ1) is 15.0. The number of pyridine rings is 1. The molecule has 1 amide bonds. The molecule has 1 atom stereocenters. The molecule has 1 unspecified atom stereocenters. The van der Waals surface area contributed by atoms with Crippen LogP contribution in [0.5, 0.6) is 0 Å². The van der Waals surface area contributed by atoms with Gasteiger partial charge in [-0.15, -0.1) is 0 Å². The van der Waals surface area contributed by atoms with Crippen LogP contribution in [0.25, 0.3) is 0 Å². The van der Waals surface area contributed by atoms with E-state index >= 15 is 0 Å². The second-order valence-corrected chi connectivity index (χ2v) is 5.99. The van der Waals surface area contributed by atoms with Crippen molar-refractivity contribution in [3.05, 3.63) is 28.5 Å². The Morgan fingerprint density at radius 2 is 2.30 bits per heavy atom. The number of rotatable bonds is 4. The van der Waals surface area contributed by atoms with Crippen LogP contribution in [0, 0.1) is 5.41 Å². The van der Waals surface area contributed by atoms with Gasteiger partial charge in [-0.2, -0.15) is 0 Å². The summed E-state index contributed by atoms with van der Waals surface area (Å²) in [6, 6.07) is 3.30. The number of hydrogen-bond acceptors (Lipinski definition) is 3. The smallest absolute Gasteiger partial charge is 0.311 e. The van der Waals surface area contributed by atoms with Gasteiger partial charge < -0.3 is 10.0 Å². The number of aliphatic carboxylic acids is 1. The second kappa shape index (κ2) is 5.91. The molecule has 0 aromatic carbocycles. The molecule has 1 aliphatic rings. The van der Waals surface area contributed by atoms with Crippen molar-refractivity contribution in [3.8, 4) is 0 Å². The standard InChI is InChI=1S/C14H17BrN2O3/c1-2-4-14(13(19)20)5-7-17(9-14)12(18)10-3-6-16-11(15)8-10/h3,6,8H,2,4-5,7,9H2,1H3,(H,19,20). The molecule has 1 aromatic rings. The predicted octanol–water partition coefficient (Wildman–Crippen LogP) is 2.56. The van der Waals surface area contributed by atoms with Gasteiger partial charge in [0, 0.05) is 24.8 Å². The molecular formula is C14H17BrN2O3. The zero-order valence-electron chi connectivity index (χ0n) is 11.3. The zero-order chi connectivity index (χ0) is 14.8. The number of carbonyl (C=O) groups excluding carboxylic acids is 1. The van der Waals surface area contributed by atoms with Crippen molar-refractivity contribution in [1.82, 2.24) is 9.88 Å². The van der Waals surface area contributed by atoms with Crippen molar-refractivity contribution in [2.24, 2.45) is 5.41 Å². The quantitative estimate of drug-likeness (QED) is 0.855. The lowest BCUT2D eigenvalue weighted by atomic mass is 9.83. The van der Waals surface area contributed by atoms with Gasteiger partial charge in [-0.3, -0.25) is 9.59 Å². The van der Waals surface area contributed by atoms with E-state index in [1.165, 1.54) is 0 Å². The van der Waals surface area contributed by atoms with Crippen LogP contribution in [0.3, 0.4) is 0 Å². The van der Waals surface area contributed by atoms with Crippen molar-refractivity contribution in [2.75, 3.05) is 13.1 Å². The Morgan fingerprint density at radius 1 is 1.55 bits per heavy atom. The van der Waals surface area contributed by atoms with Gasteiger partial charge in [-0.25, -0.2) is 4.98 Å². The second-order valence-electron chi connectivity index (χ2n) is 5.18. The van der Waals surface area contributed by atoms with Gasteiger partial charge in [0.15, 0.2) is 0 Å². The number of carboxylic acid groups (broad SMARTS) is 1. The molecule has 1 fully saturated rings. The van der Waals surface area contributed by atoms with Crippen LogP contribution in [-0.2, 0) is 4.79 Å². The Bertz CT molecular complexity index is 535. The SMILES string of the molecule is CCCC1(C(=O)O)CCN(C(=O)c2ccnc(Br)c2)C1. The zero-order valence-corrected chi connectivity index (χ0v) is 12.9. The van der Waals surface area contributed by atoms with E-state index in [2.05, 4.69) is 20.9 Å². The molecule has 1 N–H and O–H groups in total. The lowest BCUT2D eigenvalue weighted by Crippen LogP contribution is -2.36. The highest BCUT2D eigenvalue weighted by atomic mass is 79.9. The number of likely N-dealkylation sites (tertiary alicyclic amines) is 1. The molecule has 1 aromatic heterocycles. The van der Waals surface area contributed by atoms with E-state index in [-0.39, 0.29) is 12.5 Å². The van der Waals surface area contributed by atoms with Crippen LogP contribution in [0.15, 0.2) is 22.9 Å². The molecule has 108 valence electrons. The summed E-state index contributed by atoms with van der Waals surface area (Å²) in [4.78, 5) is 29.5. The highest BCUT2D eigenvalue weighted by Gasteiger charge is 2.45. The van der Waals surface area contributed by atoms with Crippen molar-refractivity contribution in [2.45, 2.75) is 26.2 Å². The summed E-state index contributed by atoms with van der Waals surface area (Å²) in [6.07, 6.45) is 3.49. The Kier molecular flexibility index (Phi) is 4.42. The first-order valence-electron chi connectivity index (χ1n) is 6.63. The number of carboxylic acids is 1. The maximum atomic E-state index is 12.4. The number of aromatic nitrogens is 1. The third-order valence-electron chi connectivity index (χ3n) is 3.80. The third kappa shape index (κ3) is 2.85. The van der Waals surface area contributed by atoms with E-state index < -0.39 is 11.4 Å². The molecule has 0 bridgehead atoms. The molecule has 6 heteroatoms. The fourth-order valence-electron chi connectivity index (χ4n) is 2.73. The maximum Gasteiger partial charge on any atom is 0.311 e. The van der Waals surface area contributed by atoms with Gasteiger partial charge in [0.05, 0.1) is 5.41 Å². The lowest BCUT2D eigenvalue weighted by Gasteiger charge is -2.24. The average Bonchev–Trinajstić information content (AvgIpc) is 2.84. The van der Waals surface area contributed by atoms with E-state index in [4.69, 9.17) is 0 Å². The monoisotopic (exact) mass is 340 g/mol. The highest BCUT2D eigenvalue weighted by molar-refractivity contribution is 9.10. The maximum absolute atomic E-state index is 12.4.